The SMILES string of the molecule is COC(=O)C(C)(C)[C@H](O)[C@@H](CC(C)C)Sc1ccccc1. The van der Waals surface area contributed by atoms with Gasteiger partial charge >= 0.3 is 5.97 Å². The van der Waals surface area contributed by atoms with Crippen molar-refractivity contribution in [2.75, 3.05) is 7.11 Å². The average Bonchev–Trinajstić information content (AvgIpc) is 2.45. The lowest BCUT2D eigenvalue weighted by molar-refractivity contribution is -0.157. The normalized spacial score (nSPS) is 14.8. The van der Waals surface area contributed by atoms with E-state index >= 15 is 0 Å². The molecule has 0 aliphatic rings. The van der Waals surface area contributed by atoms with Gasteiger partial charge in [-0.15, -0.1) is 11.8 Å². The lowest BCUT2D eigenvalue weighted by atomic mass is 9.83. The number of hydrogen-bond acceptors (Lipinski definition) is 4. The van der Waals surface area contributed by atoms with E-state index in [-0.39, 0.29) is 11.2 Å². The maximum absolute atomic E-state index is 11.9. The smallest absolute Gasteiger partial charge is 0.313 e. The minimum absolute atomic E-state index is 0.0542. The molecule has 0 fully saturated rings. The topological polar surface area (TPSA) is 46.5 Å². The first-order chi connectivity index (χ1) is 9.78. The van der Waals surface area contributed by atoms with Crippen molar-refractivity contribution in [1.82, 2.24) is 0 Å². The molecule has 21 heavy (non-hydrogen) atoms. The third kappa shape index (κ3) is 5.04. The number of thioether (sulfide) groups is 1. The average molecular weight is 310 g/mol. The molecule has 0 aliphatic carbocycles. The van der Waals surface area contributed by atoms with Crippen molar-refractivity contribution < 1.29 is 14.6 Å². The van der Waals surface area contributed by atoms with Crippen molar-refractivity contribution in [3.63, 3.8) is 0 Å². The number of hydrogen-bond donors (Lipinski definition) is 1. The summed E-state index contributed by atoms with van der Waals surface area (Å²) >= 11 is 1.62. The summed E-state index contributed by atoms with van der Waals surface area (Å²) in [7, 11) is 1.36. The van der Waals surface area contributed by atoms with Crippen LogP contribution in [-0.4, -0.2) is 29.5 Å². The van der Waals surface area contributed by atoms with Gasteiger partial charge in [0.05, 0.1) is 18.6 Å². The molecule has 0 aromatic heterocycles. The molecule has 1 aromatic rings. The van der Waals surface area contributed by atoms with Crippen LogP contribution >= 0.6 is 11.8 Å². The maximum Gasteiger partial charge on any atom is 0.313 e. The Kier molecular flexibility index (Phi) is 6.75. The Morgan fingerprint density at radius 2 is 1.86 bits per heavy atom. The summed E-state index contributed by atoms with van der Waals surface area (Å²) in [5, 5.41) is 10.7. The van der Waals surface area contributed by atoms with Crippen molar-refractivity contribution in [2.24, 2.45) is 11.3 Å². The highest BCUT2D eigenvalue weighted by atomic mass is 32.2. The van der Waals surface area contributed by atoms with Crippen LogP contribution in [0.3, 0.4) is 0 Å². The predicted octanol–water partition coefficient (Wildman–Crippen LogP) is 3.75. The highest BCUT2D eigenvalue weighted by molar-refractivity contribution is 8.00. The predicted molar refractivity (Wildman–Crippen MR) is 87.3 cm³/mol. The molecule has 0 spiro atoms. The Morgan fingerprint density at radius 3 is 2.33 bits per heavy atom. The molecule has 0 aliphatic heterocycles. The number of carbonyl (C=O) groups excluding carboxylic acids is 1. The van der Waals surface area contributed by atoms with Gasteiger partial charge in [0.2, 0.25) is 0 Å². The van der Waals surface area contributed by atoms with Gasteiger partial charge in [-0.2, -0.15) is 0 Å². The monoisotopic (exact) mass is 310 g/mol. The number of esters is 1. The van der Waals surface area contributed by atoms with Crippen LogP contribution in [-0.2, 0) is 9.53 Å². The van der Waals surface area contributed by atoms with Gasteiger partial charge in [-0.05, 0) is 38.3 Å². The Balaban J connectivity index is 2.93. The summed E-state index contributed by atoms with van der Waals surface area (Å²) in [6.45, 7) is 7.72. The van der Waals surface area contributed by atoms with E-state index in [1.807, 2.05) is 30.3 Å². The molecular formula is C17H26O3S. The second-order valence-electron chi connectivity index (χ2n) is 6.26. The van der Waals surface area contributed by atoms with Crippen molar-refractivity contribution >= 4 is 17.7 Å². The van der Waals surface area contributed by atoms with E-state index in [9.17, 15) is 9.90 Å². The second kappa shape index (κ2) is 7.85. The zero-order valence-electron chi connectivity index (χ0n) is 13.5. The first-order valence-corrected chi connectivity index (χ1v) is 8.15. The number of ether oxygens (including phenoxy) is 1. The van der Waals surface area contributed by atoms with Gasteiger partial charge in [0.1, 0.15) is 0 Å². The number of aliphatic hydroxyl groups is 1. The summed E-state index contributed by atoms with van der Waals surface area (Å²) in [4.78, 5) is 13.0. The van der Waals surface area contributed by atoms with Gasteiger partial charge in [-0.25, -0.2) is 0 Å². The summed E-state index contributed by atoms with van der Waals surface area (Å²) < 4.78 is 4.83. The molecule has 118 valence electrons. The molecule has 0 saturated heterocycles. The van der Waals surface area contributed by atoms with Crippen LogP contribution in [0.25, 0.3) is 0 Å². The molecule has 1 aromatic carbocycles. The van der Waals surface area contributed by atoms with E-state index in [1.165, 1.54) is 7.11 Å². The van der Waals surface area contributed by atoms with Crippen LogP contribution < -0.4 is 0 Å². The van der Waals surface area contributed by atoms with Crippen LogP contribution in [0.5, 0.6) is 0 Å². The molecule has 0 radical (unpaired) electrons. The minimum Gasteiger partial charge on any atom is -0.469 e. The van der Waals surface area contributed by atoms with Crippen molar-refractivity contribution in [3.05, 3.63) is 30.3 Å². The molecule has 0 saturated carbocycles. The molecule has 0 amide bonds. The van der Waals surface area contributed by atoms with Gasteiger partial charge in [0, 0.05) is 10.1 Å². The summed E-state index contributed by atoms with van der Waals surface area (Å²) in [5.74, 6) is 0.0618. The highest BCUT2D eigenvalue weighted by Crippen LogP contribution is 2.37. The fraction of sp³-hybridized carbons (Fsp3) is 0.588. The molecular weight excluding hydrogens is 284 g/mol. The molecule has 0 heterocycles. The molecule has 4 heteroatoms. The van der Waals surface area contributed by atoms with E-state index in [1.54, 1.807) is 25.6 Å². The zero-order chi connectivity index (χ0) is 16.0. The van der Waals surface area contributed by atoms with E-state index in [0.29, 0.717) is 5.92 Å². The summed E-state index contributed by atoms with van der Waals surface area (Å²) in [6, 6.07) is 9.97. The quantitative estimate of drug-likeness (QED) is 0.615. The van der Waals surface area contributed by atoms with E-state index in [2.05, 4.69) is 13.8 Å². The first kappa shape index (κ1) is 18.1. The third-order valence-electron chi connectivity index (χ3n) is 3.54. The molecule has 3 nitrogen and oxygen atoms in total. The van der Waals surface area contributed by atoms with E-state index in [4.69, 9.17) is 4.74 Å². The third-order valence-corrected chi connectivity index (χ3v) is 4.83. The summed E-state index contributed by atoms with van der Waals surface area (Å²) in [6.07, 6.45) is 0.0683. The van der Waals surface area contributed by atoms with Crippen LogP contribution in [0.4, 0.5) is 0 Å². The fourth-order valence-corrected chi connectivity index (χ4v) is 3.84. The van der Waals surface area contributed by atoms with Crippen LogP contribution in [0, 0.1) is 11.3 Å². The maximum atomic E-state index is 11.9. The van der Waals surface area contributed by atoms with E-state index < -0.39 is 11.5 Å². The zero-order valence-corrected chi connectivity index (χ0v) is 14.3. The molecule has 0 bridgehead atoms. The van der Waals surface area contributed by atoms with Crippen LogP contribution in [0.2, 0.25) is 0 Å². The minimum atomic E-state index is -0.921. The van der Waals surface area contributed by atoms with Gasteiger partial charge in [-0.3, -0.25) is 4.79 Å². The summed E-state index contributed by atoms with van der Waals surface area (Å²) in [5.41, 5.74) is -0.921. The Bertz CT molecular complexity index is 443. The number of carbonyl (C=O) groups is 1. The van der Waals surface area contributed by atoms with Gasteiger partial charge in [0.25, 0.3) is 0 Å². The molecule has 0 unspecified atom stereocenters. The first-order valence-electron chi connectivity index (χ1n) is 7.27. The van der Waals surface area contributed by atoms with Crippen LogP contribution in [0.1, 0.15) is 34.1 Å². The largest absolute Gasteiger partial charge is 0.469 e. The van der Waals surface area contributed by atoms with Crippen molar-refractivity contribution in [3.8, 4) is 0 Å². The van der Waals surface area contributed by atoms with Gasteiger partial charge in [0.15, 0.2) is 0 Å². The molecule has 2 atom stereocenters. The van der Waals surface area contributed by atoms with E-state index in [0.717, 1.165) is 11.3 Å². The number of methoxy groups -OCH3 is 1. The molecule has 1 rings (SSSR count). The highest BCUT2D eigenvalue weighted by Gasteiger charge is 2.41. The van der Waals surface area contributed by atoms with Crippen molar-refractivity contribution in [2.45, 2.75) is 50.4 Å². The lowest BCUT2D eigenvalue weighted by Crippen LogP contribution is -2.44. The van der Waals surface area contributed by atoms with Gasteiger partial charge in [-0.1, -0.05) is 32.0 Å². The Labute approximate surface area is 132 Å². The number of benzene rings is 1. The fourth-order valence-electron chi connectivity index (χ4n) is 2.23. The standard InChI is InChI=1S/C17H26O3S/c1-12(2)11-14(21-13-9-7-6-8-10-13)15(18)17(3,4)16(19)20-5/h6-10,12,14-15,18H,11H2,1-5H3/t14-,15-/m1/s1. The Morgan fingerprint density at radius 1 is 1.29 bits per heavy atom. The number of aliphatic hydroxyl groups excluding tert-OH is 1. The Hall–Kier alpha value is -1.00. The van der Waals surface area contributed by atoms with Crippen molar-refractivity contribution in [1.29, 1.82) is 0 Å². The van der Waals surface area contributed by atoms with Gasteiger partial charge < -0.3 is 9.84 Å². The molecule has 1 N–H and O–H groups in total. The van der Waals surface area contributed by atoms with Crippen LogP contribution in [0.15, 0.2) is 35.2 Å². The number of rotatable bonds is 7. The second-order valence-corrected chi connectivity index (χ2v) is 7.57. The lowest BCUT2D eigenvalue weighted by Gasteiger charge is -2.34.